The van der Waals surface area contributed by atoms with Gasteiger partial charge in [0.15, 0.2) is 0 Å². The summed E-state index contributed by atoms with van der Waals surface area (Å²) in [7, 11) is 0. The Morgan fingerprint density at radius 1 is 1.14 bits per heavy atom. The summed E-state index contributed by atoms with van der Waals surface area (Å²) in [5, 5.41) is 10.6. The number of hydrogen-bond donors (Lipinski definition) is 2. The lowest BCUT2D eigenvalue weighted by Gasteiger charge is -2.27. The SMILES string of the molecule is CCc1cccc(C(C)(C)c2cccc(CCN)c2O)n1. The van der Waals surface area contributed by atoms with Gasteiger partial charge in [0.2, 0.25) is 0 Å². The summed E-state index contributed by atoms with van der Waals surface area (Å²) >= 11 is 0. The quantitative estimate of drug-likeness (QED) is 0.886. The Bertz CT molecular complexity index is 620. The Balaban J connectivity index is 2.50. The monoisotopic (exact) mass is 284 g/mol. The lowest BCUT2D eigenvalue weighted by molar-refractivity contribution is 0.444. The summed E-state index contributed by atoms with van der Waals surface area (Å²) in [6, 6.07) is 12.0. The zero-order valence-electron chi connectivity index (χ0n) is 13.1. The maximum absolute atomic E-state index is 10.6. The van der Waals surface area contributed by atoms with Gasteiger partial charge in [0, 0.05) is 16.7 Å². The van der Waals surface area contributed by atoms with Gasteiger partial charge in [-0.15, -0.1) is 0 Å². The number of aromatic hydroxyl groups is 1. The zero-order chi connectivity index (χ0) is 15.5. The molecule has 3 N–H and O–H groups in total. The van der Waals surface area contributed by atoms with Crippen LogP contribution in [0.5, 0.6) is 5.75 Å². The lowest BCUT2D eigenvalue weighted by atomic mass is 9.79. The number of para-hydroxylation sites is 1. The fraction of sp³-hybridized carbons (Fsp3) is 0.389. The van der Waals surface area contributed by atoms with Crippen molar-refractivity contribution in [3.05, 3.63) is 58.9 Å². The van der Waals surface area contributed by atoms with E-state index in [1.807, 2.05) is 36.4 Å². The first-order valence-corrected chi connectivity index (χ1v) is 7.48. The number of aromatic nitrogens is 1. The molecule has 0 amide bonds. The number of hydrogen-bond acceptors (Lipinski definition) is 3. The van der Waals surface area contributed by atoms with Gasteiger partial charge in [-0.1, -0.05) is 45.0 Å². The van der Waals surface area contributed by atoms with Crippen LogP contribution in [0, 0.1) is 0 Å². The number of rotatable bonds is 5. The van der Waals surface area contributed by atoms with Crippen molar-refractivity contribution in [1.29, 1.82) is 0 Å². The summed E-state index contributed by atoms with van der Waals surface area (Å²) in [5.74, 6) is 0.344. The van der Waals surface area contributed by atoms with Gasteiger partial charge in [-0.2, -0.15) is 0 Å². The van der Waals surface area contributed by atoms with E-state index in [-0.39, 0.29) is 5.41 Å². The Morgan fingerprint density at radius 2 is 1.86 bits per heavy atom. The van der Waals surface area contributed by atoms with E-state index in [4.69, 9.17) is 10.7 Å². The average molecular weight is 284 g/mol. The Morgan fingerprint density at radius 3 is 2.52 bits per heavy atom. The maximum atomic E-state index is 10.6. The summed E-state index contributed by atoms with van der Waals surface area (Å²) in [4.78, 5) is 4.72. The second-order valence-corrected chi connectivity index (χ2v) is 5.84. The van der Waals surface area contributed by atoms with E-state index in [1.54, 1.807) is 0 Å². The predicted molar refractivity (Wildman–Crippen MR) is 86.6 cm³/mol. The van der Waals surface area contributed by atoms with Crippen molar-refractivity contribution in [2.75, 3.05) is 6.54 Å². The van der Waals surface area contributed by atoms with Crippen LogP contribution in [0.2, 0.25) is 0 Å². The molecule has 0 atom stereocenters. The smallest absolute Gasteiger partial charge is 0.122 e. The molecule has 1 aromatic carbocycles. The highest BCUT2D eigenvalue weighted by Gasteiger charge is 2.28. The molecule has 0 bridgehead atoms. The molecule has 0 saturated heterocycles. The van der Waals surface area contributed by atoms with Crippen LogP contribution < -0.4 is 5.73 Å². The van der Waals surface area contributed by atoms with E-state index in [9.17, 15) is 5.11 Å². The van der Waals surface area contributed by atoms with Gasteiger partial charge in [0.05, 0.1) is 5.69 Å². The molecule has 112 valence electrons. The van der Waals surface area contributed by atoms with Gasteiger partial charge in [-0.3, -0.25) is 4.98 Å². The summed E-state index contributed by atoms with van der Waals surface area (Å²) in [6.07, 6.45) is 1.58. The molecule has 1 heterocycles. The van der Waals surface area contributed by atoms with E-state index in [0.29, 0.717) is 18.7 Å². The first-order valence-electron chi connectivity index (χ1n) is 7.48. The third-order valence-electron chi connectivity index (χ3n) is 4.02. The van der Waals surface area contributed by atoms with Crippen molar-refractivity contribution in [3.63, 3.8) is 0 Å². The molecule has 0 spiro atoms. The predicted octanol–water partition coefficient (Wildman–Crippen LogP) is 3.18. The molecule has 0 aliphatic heterocycles. The van der Waals surface area contributed by atoms with Crippen molar-refractivity contribution in [1.82, 2.24) is 4.98 Å². The lowest BCUT2D eigenvalue weighted by Crippen LogP contribution is -2.22. The first-order chi connectivity index (χ1) is 10.0. The van der Waals surface area contributed by atoms with Crippen molar-refractivity contribution < 1.29 is 5.11 Å². The zero-order valence-corrected chi connectivity index (χ0v) is 13.1. The second-order valence-electron chi connectivity index (χ2n) is 5.84. The minimum atomic E-state index is -0.347. The normalized spacial score (nSPS) is 11.6. The number of pyridine rings is 1. The van der Waals surface area contributed by atoms with Crippen LogP contribution in [0.15, 0.2) is 36.4 Å². The number of nitrogens with two attached hydrogens (primary N) is 1. The molecule has 0 unspecified atom stereocenters. The fourth-order valence-corrected chi connectivity index (χ4v) is 2.62. The van der Waals surface area contributed by atoms with Gasteiger partial charge in [0.25, 0.3) is 0 Å². The van der Waals surface area contributed by atoms with Gasteiger partial charge in [0.1, 0.15) is 5.75 Å². The van der Waals surface area contributed by atoms with Crippen LogP contribution in [0.3, 0.4) is 0 Å². The molecule has 21 heavy (non-hydrogen) atoms. The molecule has 0 radical (unpaired) electrons. The molecular formula is C18H24N2O. The molecule has 3 nitrogen and oxygen atoms in total. The molecule has 2 aromatic rings. The molecule has 2 rings (SSSR count). The third kappa shape index (κ3) is 3.08. The van der Waals surface area contributed by atoms with Gasteiger partial charge in [-0.05, 0) is 37.1 Å². The van der Waals surface area contributed by atoms with Crippen LogP contribution in [0.25, 0.3) is 0 Å². The summed E-state index contributed by atoms with van der Waals surface area (Å²) in [5.41, 5.74) is 9.10. The Labute approximate surface area is 126 Å². The first kappa shape index (κ1) is 15.5. The third-order valence-corrected chi connectivity index (χ3v) is 4.02. The minimum Gasteiger partial charge on any atom is -0.507 e. The molecule has 0 fully saturated rings. The van der Waals surface area contributed by atoms with E-state index < -0.39 is 0 Å². The van der Waals surface area contributed by atoms with E-state index >= 15 is 0 Å². The summed E-state index contributed by atoms with van der Waals surface area (Å²) < 4.78 is 0. The van der Waals surface area contributed by atoms with Gasteiger partial charge < -0.3 is 10.8 Å². The number of phenols is 1. The second kappa shape index (κ2) is 6.27. The van der Waals surface area contributed by atoms with Crippen LogP contribution in [0.4, 0.5) is 0 Å². The van der Waals surface area contributed by atoms with E-state index in [1.165, 1.54) is 0 Å². The van der Waals surface area contributed by atoms with Crippen molar-refractivity contribution in [2.24, 2.45) is 5.73 Å². The van der Waals surface area contributed by atoms with Crippen molar-refractivity contribution >= 4 is 0 Å². The molecule has 0 aliphatic carbocycles. The minimum absolute atomic E-state index is 0.344. The highest BCUT2D eigenvalue weighted by molar-refractivity contribution is 5.48. The van der Waals surface area contributed by atoms with Gasteiger partial charge >= 0.3 is 0 Å². The van der Waals surface area contributed by atoms with E-state index in [2.05, 4.69) is 20.8 Å². The Kier molecular flexibility index (Phi) is 4.63. The summed E-state index contributed by atoms with van der Waals surface area (Å²) in [6.45, 7) is 6.81. The number of nitrogens with zero attached hydrogens (tertiary/aromatic N) is 1. The molecule has 0 aliphatic rings. The van der Waals surface area contributed by atoms with Crippen LogP contribution in [-0.2, 0) is 18.3 Å². The molecule has 0 saturated carbocycles. The number of benzene rings is 1. The highest BCUT2D eigenvalue weighted by atomic mass is 16.3. The average Bonchev–Trinajstić information content (AvgIpc) is 2.49. The van der Waals surface area contributed by atoms with E-state index in [0.717, 1.165) is 28.9 Å². The van der Waals surface area contributed by atoms with Gasteiger partial charge in [-0.25, -0.2) is 0 Å². The fourth-order valence-electron chi connectivity index (χ4n) is 2.62. The van der Waals surface area contributed by atoms with Crippen LogP contribution in [-0.4, -0.2) is 16.6 Å². The molecule has 1 aromatic heterocycles. The van der Waals surface area contributed by atoms with Crippen molar-refractivity contribution in [3.8, 4) is 5.75 Å². The number of phenolic OH excluding ortho intramolecular Hbond substituents is 1. The number of aryl methyl sites for hydroxylation is 1. The highest BCUT2D eigenvalue weighted by Crippen LogP contribution is 2.37. The topological polar surface area (TPSA) is 59.1 Å². The maximum Gasteiger partial charge on any atom is 0.122 e. The van der Waals surface area contributed by atoms with Crippen molar-refractivity contribution in [2.45, 2.75) is 39.0 Å². The standard InChI is InChI=1S/C18H24N2O/c1-4-14-8-6-10-16(20-14)18(2,3)15-9-5-7-13(11-12-19)17(15)21/h5-10,21H,4,11-12,19H2,1-3H3. The molecular weight excluding hydrogens is 260 g/mol. The van der Waals surface area contributed by atoms with Crippen LogP contribution in [0.1, 0.15) is 43.3 Å². The van der Waals surface area contributed by atoms with Crippen LogP contribution >= 0.6 is 0 Å². The largest absolute Gasteiger partial charge is 0.507 e. The Hall–Kier alpha value is -1.87. The molecule has 3 heteroatoms.